The number of nitrogens with one attached hydrogen (secondary N) is 1. The molecule has 0 bridgehead atoms. The number of rotatable bonds is 2. The van der Waals surface area contributed by atoms with Crippen LogP contribution in [0.25, 0.3) is 10.9 Å². The first-order valence-electron chi connectivity index (χ1n) is 7.91. The number of carbonyl (C=O) groups is 1. The summed E-state index contributed by atoms with van der Waals surface area (Å²) in [5, 5.41) is 12.0. The van der Waals surface area contributed by atoms with Crippen molar-refractivity contribution in [3.8, 4) is 0 Å². The van der Waals surface area contributed by atoms with E-state index in [9.17, 15) is 4.79 Å². The topological polar surface area (TPSA) is 67.2 Å². The normalized spacial score (nSPS) is 20.4. The molecule has 5 heteroatoms. The summed E-state index contributed by atoms with van der Waals surface area (Å²) in [4.78, 5) is 16.9. The predicted molar refractivity (Wildman–Crippen MR) is 102 cm³/mol. The maximum Gasteiger partial charge on any atom is 0.255 e. The van der Waals surface area contributed by atoms with E-state index in [0.717, 1.165) is 22.2 Å². The van der Waals surface area contributed by atoms with E-state index in [2.05, 4.69) is 27.1 Å². The molecule has 0 atom stereocenters. The minimum Gasteiger partial charge on any atom is -0.321 e. The van der Waals surface area contributed by atoms with Crippen molar-refractivity contribution in [2.75, 3.05) is 11.9 Å². The number of allylic oxidation sites excluding steroid dienone is 4. The summed E-state index contributed by atoms with van der Waals surface area (Å²) in [5.41, 5.74) is 3.47. The molecule has 2 aromatic rings. The highest BCUT2D eigenvalue weighted by Crippen LogP contribution is 2.22. The molecule has 2 heterocycles. The number of fused-ring (bicyclic) bond motifs is 1. The minimum atomic E-state index is -0.211. The second-order valence-corrected chi connectivity index (χ2v) is 5.63. The second kappa shape index (κ2) is 7.49. The van der Waals surface area contributed by atoms with Crippen molar-refractivity contribution in [1.29, 1.82) is 0 Å². The van der Waals surface area contributed by atoms with Crippen molar-refractivity contribution in [2.45, 2.75) is 6.92 Å². The van der Waals surface area contributed by atoms with E-state index in [1.807, 2.05) is 43.3 Å². The summed E-state index contributed by atoms with van der Waals surface area (Å²) < 4.78 is 0. The Balaban J connectivity index is 1.92. The maximum atomic E-state index is 12.7. The van der Waals surface area contributed by atoms with Gasteiger partial charge in [0.15, 0.2) is 0 Å². The minimum absolute atomic E-state index is 0.211. The first kappa shape index (κ1) is 16.5. The molecular weight excluding hydrogens is 312 g/mol. The number of aromatic nitrogens is 2. The molecule has 0 saturated heterocycles. The van der Waals surface area contributed by atoms with Crippen LogP contribution in [0, 0.1) is 6.92 Å². The van der Waals surface area contributed by atoms with Gasteiger partial charge < -0.3 is 5.32 Å². The highest BCUT2D eigenvalue weighted by Gasteiger charge is 2.10. The lowest BCUT2D eigenvalue weighted by molar-refractivity contribution is -0.112. The molecule has 0 fully saturated rings. The van der Waals surface area contributed by atoms with E-state index >= 15 is 0 Å². The van der Waals surface area contributed by atoms with Crippen LogP contribution in [0.15, 0.2) is 77.4 Å². The van der Waals surface area contributed by atoms with E-state index in [-0.39, 0.29) is 5.91 Å². The number of anilines is 1. The van der Waals surface area contributed by atoms with E-state index in [0.29, 0.717) is 17.8 Å². The number of hydrogen-bond donors (Lipinski definition) is 1. The number of hydrogen-bond acceptors (Lipinski definition) is 4. The van der Waals surface area contributed by atoms with Crippen LogP contribution in [0.5, 0.6) is 0 Å². The summed E-state index contributed by atoms with van der Waals surface area (Å²) in [5.74, 6) is -0.211. The van der Waals surface area contributed by atoms with Crippen LogP contribution in [-0.4, -0.2) is 28.9 Å². The third kappa shape index (κ3) is 4.14. The molecular formula is C20H18N4O. The van der Waals surface area contributed by atoms with Crippen molar-refractivity contribution < 1.29 is 4.79 Å². The predicted octanol–water partition coefficient (Wildman–Crippen LogP) is 3.56. The van der Waals surface area contributed by atoms with Crippen LogP contribution in [0.4, 0.5) is 5.69 Å². The lowest BCUT2D eigenvalue weighted by atomic mass is 10.1. The zero-order valence-corrected chi connectivity index (χ0v) is 13.9. The molecule has 1 aromatic heterocycles. The van der Waals surface area contributed by atoms with Crippen LogP contribution in [0.1, 0.15) is 5.69 Å². The summed E-state index contributed by atoms with van der Waals surface area (Å²) in [7, 11) is 0. The molecule has 5 nitrogen and oxygen atoms in total. The molecule has 0 aliphatic carbocycles. The fourth-order valence-electron chi connectivity index (χ4n) is 2.43. The van der Waals surface area contributed by atoms with Gasteiger partial charge in [-0.05, 0) is 42.8 Å². The molecule has 3 rings (SSSR count). The third-order valence-corrected chi connectivity index (χ3v) is 3.61. The van der Waals surface area contributed by atoms with Gasteiger partial charge in [-0.1, -0.05) is 30.9 Å². The van der Waals surface area contributed by atoms with Crippen molar-refractivity contribution in [3.05, 3.63) is 78.1 Å². The van der Waals surface area contributed by atoms with Gasteiger partial charge in [-0.3, -0.25) is 9.79 Å². The van der Waals surface area contributed by atoms with Gasteiger partial charge in [0, 0.05) is 17.2 Å². The Kier molecular flexibility index (Phi) is 4.95. The Labute approximate surface area is 146 Å². The summed E-state index contributed by atoms with van der Waals surface area (Å²) in [6, 6.07) is 7.47. The average molecular weight is 330 g/mol. The standard InChI is InChI=1S/C20H18N4O/c1-14-6-4-10-21-11-5-7-16(12-14)20(25)22-18-8-3-9-19-17(18)13-15(2)23-24-19/h3-10,12-13H,1,11H2,2H3,(H,22,25)/b6-4-,7-5-,16-12+,21-10-. The van der Waals surface area contributed by atoms with Crippen LogP contribution >= 0.6 is 0 Å². The number of carbonyl (C=O) groups excluding carboxylic acids is 1. The summed E-state index contributed by atoms with van der Waals surface area (Å²) in [6.07, 6.45) is 10.7. The Morgan fingerprint density at radius 1 is 1.24 bits per heavy atom. The Bertz CT molecular complexity index is 951. The first-order valence-corrected chi connectivity index (χ1v) is 7.91. The van der Waals surface area contributed by atoms with E-state index in [4.69, 9.17) is 0 Å². The molecule has 1 aliphatic heterocycles. The molecule has 1 N–H and O–H groups in total. The molecule has 0 spiro atoms. The molecule has 1 amide bonds. The van der Waals surface area contributed by atoms with Crippen LogP contribution in [0.2, 0.25) is 0 Å². The van der Waals surface area contributed by atoms with Crippen LogP contribution in [0.3, 0.4) is 0 Å². The number of aliphatic imine (C=N–C) groups is 1. The second-order valence-electron chi connectivity index (χ2n) is 5.63. The molecule has 0 saturated carbocycles. The maximum absolute atomic E-state index is 12.7. The van der Waals surface area contributed by atoms with Gasteiger partial charge in [0.05, 0.1) is 23.4 Å². The summed E-state index contributed by atoms with van der Waals surface area (Å²) in [6.45, 7) is 6.32. The van der Waals surface area contributed by atoms with E-state index in [1.54, 1.807) is 24.4 Å². The van der Waals surface area contributed by atoms with Gasteiger partial charge in [-0.25, -0.2) is 0 Å². The lowest BCUT2D eigenvalue weighted by Crippen LogP contribution is -2.14. The monoisotopic (exact) mass is 330 g/mol. The van der Waals surface area contributed by atoms with Crippen molar-refractivity contribution in [3.63, 3.8) is 0 Å². The largest absolute Gasteiger partial charge is 0.321 e. The lowest BCUT2D eigenvalue weighted by Gasteiger charge is -2.09. The quantitative estimate of drug-likeness (QED) is 0.915. The average Bonchev–Trinajstić information content (AvgIpc) is 2.60. The van der Waals surface area contributed by atoms with Gasteiger partial charge in [0.25, 0.3) is 5.91 Å². The molecule has 1 aliphatic rings. The Hall–Kier alpha value is -3.34. The fraction of sp³-hybridized carbons (Fsp3) is 0.100. The zero-order valence-electron chi connectivity index (χ0n) is 13.9. The molecule has 0 radical (unpaired) electrons. The van der Waals surface area contributed by atoms with Gasteiger partial charge in [0.1, 0.15) is 0 Å². The van der Waals surface area contributed by atoms with Crippen molar-refractivity contribution in [1.82, 2.24) is 10.2 Å². The van der Waals surface area contributed by atoms with Gasteiger partial charge in [-0.2, -0.15) is 10.2 Å². The SMILES string of the molecule is C=C1/C=C\C=N/C/C=C\C(C(=O)Nc2cccc3nnc(C)cc23)=C/1. The van der Waals surface area contributed by atoms with Crippen LogP contribution < -0.4 is 5.32 Å². The van der Waals surface area contributed by atoms with Crippen molar-refractivity contribution >= 4 is 28.7 Å². The third-order valence-electron chi connectivity index (χ3n) is 3.61. The molecule has 1 aromatic carbocycles. The Morgan fingerprint density at radius 3 is 3.00 bits per heavy atom. The molecule has 124 valence electrons. The summed E-state index contributed by atoms with van der Waals surface area (Å²) >= 11 is 0. The van der Waals surface area contributed by atoms with E-state index in [1.165, 1.54) is 0 Å². The van der Waals surface area contributed by atoms with E-state index < -0.39 is 0 Å². The molecule has 0 unspecified atom stereocenters. The zero-order chi connectivity index (χ0) is 17.6. The number of nitrogens with zero attached hydrogens (tertiary/aromatic N) is 3. The first-order chi connectivity index (χ1) is 12.1. The fourth-order valence-corrected chi connectivity index (χ4v) is 2.43. The number of amides is 1. The highest BCUT2D eigenvalue weighted by molar-refractivity contribution is 6.10. The van der Waals surface area contributed by atoms with Crippen molar-refractivity contribution in [2.24, 2.45) is 4.99 Å². The number of benzene rings is 1. The number of aryl methyl sites for hydroxylation is 1. The molecule has 25 heavy (non-hydrogen) atoms. The van der Waals surface area contributed by atoms with Gasteiger partial charge in [0.2, 0.25) is 0 Å². The van der Waals surface area contributed by atoms with Crippen LogP contribution in [-0.2, 0) is 4.79 Å². The smallest absolute Gasteiger partial charge is 0.255 e. The van der Waals surface area contributed by atoms with Gasteiger partial charge in [-0.15, -0.1) is 0 Å². The van der Waals surface area contributed by atoms with Gasteiger partial charge >= 0.3 is 0 Å². The highest BCUT2D eigenvalue weighted by atomic mass is 16.1. The Morgan fingerprint density at radius 2 is 2.12 bits per heavy atom.